The average Bonchev–Trinajstić information content (AvgIpc) is 2.63. The van der Waals surface area contributed by atoms with Gasteiger partial charge in [0.15, 0.2) is 0 Å². The van der Waals surface area contributed by atoms with Crippen molar-refractivity contribution in [3.05, 3.63) is 48.0 Å². The standard InChI is InChI=1S/C18H20N2O5/c1-23-11-17(21)19-12-4-6-13(7-5-12)20-18(22)15-10-14(24-2)8-9-16(15)25-3/h4-10H,11H2,1-3H3,(H,19,21)(H,20,22). The van der Waals surface area contributed by atoms with Crippen LogP contribution in [0.3, 0.4) is 0 Å². The molecule has 0 atom stereocenters. The second-order valence-electron chi connectivity index (χ2n) is 5.08. The van der Waals surface area contributed by atoms with E-state index >= 15 is 0 Å². The van der Waals surface area contributed by atoms with Crippen molar-refractivity contribution in [2.45, 2.75) is 0 Å². The van der Waals surface area contributed by atoms with E-state index in [1.165, 1.54) is 21.3 Å². The lowest BCUT2D eigenvalue weighted by Crippen LogP contribution is -2.17. The zero-order valence-corrected chi connectivity index (χ0v) is 14.3. The van der Waals surface area contributed by atoms with E-state index in [1.54, 1.807) is 42.5 Å². The lowest BCUT2D eigenvalue weighted by Gasteiger charge is -2.11. The van der Waals surface area contributed by atoms with Crippen LogP contribution in [0.5, 0.6) is 11.5 Å². The maximum absolute atomic E-state index is 12.5. The molecule has 0 unspecified atom stereocenters. The Labute approximate surface area is 145 Å². The molecule has 0 heterocycles. The van der Waals surface area contributed by atoms with Crippen molar-refractivity contribution in [1.82, 2.24) is 0 Å². The Morgan fingerprint density at radius 3 is 2.08 bits per heavy atom. The van der Waals surface area contributed by atoms with Crippen LogP contribution in [0.15, 0.2) is 42.5 Å². The molecule has 0 spiro atoms. The van der Waals surface area contributed by atoms with E-state index in [-0.39, 0.29) is 18.4 Å². The summed E-state index contributed by atoms with van der Waals surface area (Å²) in [6.07, 6.45) is 0. The van der Waals surface area contributed by atoms with Gasteiger partial charge in [-0.2, -0.15) is 0 Å². The van der Waals surface area contributed by atoms with Crippen molar-refractivity contribution in [1.29, 1.82) is 0 Å². The number of anilines is 2. The van der Waals surface area contributed by atoms with Crippen LogP contribution in [0.2, 0.25) is 0 Å². The van der Waals surface area contributed by atoms with E-state index in [0.717, 1.165) is 0 Å². The summed E-state index contributed by atoms with van der Waals surface area (Å²) in [5.74, 6) is 0.427. The Morgan fingerprint density at radius 1 is 0.880 bits per heavy atom. The van der Waals surface area contributed by atoms with E-state index < -0.39 is 0 Å². The number of amides is 2. The first-order valence-corrected chi connectivity index (χ1v) is 7.49. The molecule has 2 rings (SSSR count). The Morgan fingerprint density at radius 2 is 1.52 bits per heavy atom. The Kier molecular flexibility index (Phi) is 6.36. The van der Waals surface area contributed by atoms with E-state index in [2.05, 4.69) is 10.6 Å². The molecule has 2 N–H and O–H groups in total. The molecule has 0 saturated carbocycles. The number of carbonyl (C=O) groups excluding carboxylic acids is 2. The SMILES string of the molecule is COCC(=O)Nc1ccc(NC(=O)c2cc(OC)ccc2OC)cc1. The summed E-state index contributed by atoms with van der Waals surface area (Å²) in [6.45, 7) is -0.0197. The average molecular weight is 344 g/mol. The van der Waals surface area contributed by atoms with Gasteiger partial charge in [0.05, 0.1) is 19.8 Å². The van der Waals surface area contributed by atoms with Crippen molar-refractivity contribution in [3.8, 4) is 11.5 Å². The molecule has 2 aromatic rings. The number of ether oxygens (including phenoxy) is 3. The number of hydrogen-bond acceptors (Lipinski definition) is 5. The van der Waals surface area contributed by atoms with Gasteiger partial charge in [0, 0.05) is 18.5 Å². The molecule has 0 aromatic heterocycles. The molecule has 7 heteroatoms. The molecular weight excluding hydrogens is 324 g/mol. The quantitative estimate of drug-likeness (QED) is 0.806. The third-order valence-electron chi connectivity index (χ3n) is 3.35. The van der Waals surface area contributed by atoms with Gasteiger partial charge in [-0.25, -0.2) is 0 Å². The van der Waals surface area contributed by atoms with Gasteiger partial charge in [-0.05, 0) is 42.5 Å². The van der Waals surface area contributed by atoms with Crippen LogP contribution >= 0.6 is 0 Å². The van der Waals surface area contributed by atoms with Crippen molar-refractivity contribution in [2.75, 3.05) is 38.6 Å². The van der Waals surface area contributed by atoms with Crippen molar-refractivity contribution in [2.24, 2.45) is 0 Å². The zero-order chi connectivity index (χ0) is 18.2. The molecule has 0 aliphatic rings. The predicted molar refractivity (Wildman–Crippen MR) is 94.4 cm³/mol. The monoisotopic (exact) mass is 344 g/mol. The molecule has 0 saturated heterocycles. The summed E-state index contributed by atoms with van der Waals surface area (Å²) in [4.78, 5) is 23.9. The van der Waals surface area contributed by atoms with Crippen LogP contribution in [0.1, 0.15) is 10.4 Å². The van der Waals surface area contributed by atoms with Gasteiger partial charge in [0.25, 0.3) is 5.91 Å². The summed E-state index contributed by atoms with van der Waals surface area (Å²) in [7, 11) is 4.47. The van der Waals surface area contributed by atoms with E-state index in [9.17, 15) is 9.59 Å². The highest BCUT2D eigenvalue weighted by Gasteiger charge is 2.14. The fraction of sp³-hybridized carbons (Fsp3) is 0.222. The number of rotatable bonds is 7. The summed E-state index contributed by atoms with van der Waals surface area (Å²) in [5, 5.41) is 5.45. The number of nitrogens with one attached hydrogen (secondary N) is 2. The normalized spacial score (nSPS) is 10.0. The summed E-state index contributed by atoms with van der Waals surface area (Å²) in [6, 6.07) is 11.7. The molecule has 2 amide bonds. The van der Waals surface area contributed by atoms with Gasteiger partial charge >= 0.3 is 0 Å². The van der Waals surface area contributed by atoms with Gasteiger partial charge in [-0.3, -0.25) is 9.59 Å². The van der Waals surface area contributed by atoms with Crippen LogP contribution in [0.4, 0.5) is 11.4 Å². The molecule has 0 aliphatic carbocycles. The topological polar surface area (TPSA) is 85.9 Å². The third-order valence-corrected chi connectivity index (χ3v) is 3.35. The molecule has 25 heavy (non-hydrogen) atoms. The van der Waals surface area contributed by atoms with Crippen LogP contribution in [-0.2, 0) is 9.53 Å². The van der Waals surface area contributed by atoms with Crippen molar-refractivity contribution < 1.29 is 23.8 Å². The maximum atomic E-state index is 12.5. The largest absolute Gasteiger partial charge is 0.497 e. The highest BCUT2D eigenvalue weighted by atomic mass is 16.5. The lowest BCUT2D eigenvalue weighted by atomic mass is 10.1. The van der Waals surface area contributed by atoms with E-state index in [1.807, 2.05) is 0 Å². The number of hydrogen-bond donors (Lipinski definition) is 2. The highest BCUT2D eigenvalue weighted by molar-refractivity contribution is 6.06. The van der Waals surface area contributed by atoms with Gasteiger partial charge in [-0.15, -0.1) is 0 Å². The smallest absolute Gasteiger partial charge is 0.259 e. The van der Waals surface area contributed by atoms with Crippen LogP contribution < -0.4 is 20.1 Å². The van der Waals surface area contributed by atoms with Crippen LogP contribution in [-0.4, -0.2) is 39.8 Å². The fourth-order valence-electron chi connectivity index (χ4n) is 2.15. The molecular formula is C18H20N2O5. The van der Waals surface area contributed by atoms with Crippen molar-refractivity contribution >= 4 is 23.2 Å². The minimum atomic E-state index is -0.327. The Hall–Kier alpha value is -3.06. The maximum Gasteiger partial charge on any atom is 0.259 e. The lowest BCUT2D eigenvalue weighted by molar-refractivity contribution is -0.119. The summed E-state index contributed by atoms with van der Waals surface area (Å²) in [5.41, 5.74) is 1.55. The molecule has 0 fully saturated rings. The first-order chi connectivity index (χ1) is 12.1. The zero-order valence-electron chi connectivity index (χ0n) is 14.3. The molecule has 0 aliphatic heterocycles. The second-order valence-corrected chi connectivity index (χ2v) is 5.08. The van der Waals surface area contributed by atoms with Gasteiger partial charge < -0.3 is 24.8 Å². The first kappa shape index (κ1) is 18.3. The second kappa shape index (κ2) is 8.70. The summed E-state index contributed by atoms with van der Waals surface area (Å²) >= 11 is 0. The van der Waals surface area contributed by atoms with Crippen molar-refractivity contribution in [3.63, 3.8) is 0 Å². The van der Waals surface area contributed by atoms with E-state index in [4.69, 9.17) is 14.2 Å². The predicted octanol–water partition coefficient (Wildman–Crippen LogP) is 2.54. The van der Waals surface area contributed by atoms with Crippen LogP contribution in [0.25, 0.3) is 0 Å². The Balaban J connectivity index is 2.09. The van der Waals surface area contributed by atoms with Gasteiger partial charge in [0.1, 0.15) is 18.1 Å². The Bertz CT molecular complexity index is 744. The molecule has 132 valence electrons. The minimum Gasteiger partial charge on any atom is -0.497 e. The van der Waals surface area contributed by atoms with Crippen LogP contribution in [0, 0.1) is 0 Å². The molecule has 0 bridgehead atoms. The third kappa shape index (κ3) is 4.95. The van der Waals surface area contributed by atoms with Gasteiger partial charge in [-0.1, -0.05) is 0 Å². The van der Waals surface area contributed by atoms with E-state index in [0.29, 0.717) is 28.4 Å². The van der Waals surface area contributed by atoms with Gasteiger partial charge in [0.2, 0.25) is 5.91 Å². The number of benzene rings is 2. The first-order valence-electron chi connectivity index (χ1n) is 7.49. The fourth-order valence-corrected chi connectivity index (χ4v) is 2.15. The highest BCUT2D eigenvalue weighted by Crippen LogP contribution is 2.25. The molecule has 7 nitrogen and oxygen atoms in total. The molecule has 2 aromatic carbocycles. The summed E-state index contributed by atoms with van der Waals surface area (Å²) < 4.78 is 15.1. The molecule has 0 radical (unpaired) electrons. The number of methoxy groups -OCH3 is 3. The number of carbonyl (C=O) groups is 2. The minimum absolute atomic E-state index is 0.0197.